The van der Waals surface area contributed by atoms with E-state index in [0.29, 0.717) is 36.5 Å². The SMILES string of the molecule is CC(=O)Oc1c(I)ccc(-c2ccc(C34CC5(c6ccc(-c7ccc(I)c(OC(C)=O)c7OC(C)=O)cc6)CC(c6ccc(-c7ccc(I)c(OC(C)=O)c7OC(C)=O)cc6)(C3)CC(c3ccc(-c6ccc(I)c(OC(C)=O)c6OC(C)=O)cc3)(C4)C5)cc2)c1OC(C)=O. The lowest BCUT2D eigenvalue weighted by atomic mass is 9.32. The molecule has 8 aromatic rings. The molecular formula is C74H60I4O16. The highest BCUT2D eigenvalue weighted by Gasteiger charge is 2.69. The summed E-state index contributed by atoms with van der Waals surface area (Å²) in [6, 6.07) is 48.0. The maximum atomic E-state index is 12.7. The monoisotopic (exact) mass is 1710 g/mol. The van der Waals surface area contributed by atoms with Gasteiger partial charge in [0.25, 0.3) is 0 Å². The molecule has 0 saturated heterocycles. The normalized spacial score (nSPS) is 19.1. The Balaban J connectivity index is 1.13. The minimum absolute atomic E-state index is 0.123. The van der Waals surface area contributed by atoms with Crippen molar-refractivity contribution in [1.29, 1.82) is 0 Å². The molecule has 0 N–H and O–H groups in total. The van der Waals surface area contributed by atoms with Crippen LogP contribution in [0.15, 0.2) is 146 Å². The first-order chi connectivity index (χ1) is 44.6. The molecule has 8 aromatic carbocycles. The van der Waals surface area contributed by atoms with E-state index in [1.54, 1.807) is 0 Å². The minimum atomic E-state index is -0.586. The van der Waals surface area contributed by atoms with E-state index in [1.807, 2.05) is 97.1 Å². The molecule has 0 atom stereocenters. The van der Waals surface area contributed by atoms with Crippen molar-refractivity contribution in [2.75, 3.05) is 0 Å². The van der Waals surface area contributed by atoms with Gasteiger partial charge in [0.1, 0.15) is 0 Å². The van der Waals surface area contributed by atoms with Crippen LogP contribution < -0.4 is 37.9 Å². The Morgan fingerprint density at radius 1 is 0.234 bits per heavy atom. The van der Waals surface area contributed by atoms with Crippen LogP contribution in [0.5, 0.6) is 46.0 Å². The van der Waals surface area contributed by atoms with Crippen LogP contribution >= 0.6 is 90.4 Å². The molecule has 0 amide bonds. The molecule has 0 aromatic heterocycles. The third-order valence-electron chi connectivity index (χ3n) is 17.5. The van der Waals surface area contributed by atoms with Crippen LogP contribution in [-0.4, -0.2) is 47.8 Å². The molecule has 0 aliphatic heterocycles. The minimum Gasteiger partial charge on any atom is -0.422 e. The molecule has 0 heterocycles. The van der Waals surface area contributed by atoms with Crippen molar-refractivity contribution in [2.24, 2.45) is 0 Å². The second kappa shape index (κ2) is 26.9. The van der Waals surface area contributed by atoms with E-state index in [-0.39, 0.29) is 46.0 Å². The zero-order valence-electron chi connectivity index (χ0n) is 52.1. The first-order valence-corrected chi connectivity index (χ1v) is 34.1. The fourth-order valence-corrected chi connectivity index (χ4v) is 17.0. The Kier molecular flexibility index (Phi) is 19.4. The molecule has 94 heavy (non-hydrogen) atoms. The van der Waals surface area contributed by atoms with Gasteiger partial charge in [-0.25, -0.2) is 0 Å². The summed E-state index contributed by atoms with van der Waals surface area (Å²) in [4.78, 5) is 101. The Hall–Kier alpha value is -7.56. The maximum absolute atomic E-state index is 12.7. The van der Waals surface area contributed by atoms with Crippen molar-refractivity contribution in [2.45, 2.75) is 116 Å². The van der Waals surface area contributed by atoms with E-state index in [1.165, 1.54) is 55.4 Å². The number of ether oxygens (including phenoxy) is 8. The molecule has 0 spiro atoms. The van der Waals surface area contributed by atoms with E-state index in [0.717, 1.165) is 83.0 Å². The highest BCUT2D eigenvalue weighted by Crippen LogP contribution is 2.75. The highest BCUT2D eigenvalue weighted by molar-refractivity contribution is 14.1. The second-order valence-corrected chi connectivity index (χ2v) is 28.9. The second-order valence-electron chi connectivity index (χ2n) is 24.3. The first kappa shape index (κ1) is 67.8. The number of carbonyl (C=O) groups is 8. The van der Waals surface area contributed by atoms with E-state index in [9.17, 15) is 38.4 Å². The fourth-order valence-electron chi connectivity index (χ4n) is 14.9. The zero-order chi connectivity index (χ0) is 67.3. The van der Waals surface area contributed by atoms with Gasteiger partial charge < -0.3 is 37.9 Å². The van der Waals surface area contributed by atoms with Gasteiger partial charge in [-0.05, 0) is 244 Å². The smallest absolute Gasteiger partial charge is 0.308 e. The lowest BCUT2D eigenvalue weighted by molar-refractivity contribution is -0.134. The molecule has 4 aliphatic rings. The topological polar surface area (TPSA) is 210 Å². The molecule has 0 radical (unpaired) electrons. The highest BCUT2D eigenvalue weighted by atomic mass is 127. The van der Waals surface area contributed by atoms with Crippen molar-refractivity contribution in [3.05, 3.63) is 182 Å². The molecule has 20 heteroatoms. The van der Waals surface area contributed by atoms with Gasteiger partial charge in [-0.2, -0.15) is 0 Å². The number of halogens is 4. The van der Waals surface area contributed by atoms with Gasteiger partial charge in [0.2, 0.25) is 0 Å². The summed E-state index contributed by atoms with van der Waals surface area (Å²) in [7, 11) is 0. The number of carbonyl (C=O) groups excluding carboxylic acids is 8. The van der Waals surface area contributed by atoms with Crippen molar-refractivity contribution >= 4 is 138 Å². The average Bonchev–Trinajstić information content (AvgIpc) is 0.666. The Morgan fingerprint density at radius 2 is 0.383 bits per heavy atom. The van der Waals surface area contributed by atoms with Crippen molar-refractivity contribution in [3.8, 4) is 90.5 Å². The molecule has 4 bridgehead atoms. The van der Waals surface area contributed by atoms with Crippen LogP contribution in [0.4, 0.5) is 0 Å². The predicted octanol–water partition coefficient (Wildman–Crippen LogP) is 16.6. The number of benzene rings is 8. The van der Waals surface area contributed by atoms with Gasteiger partial charge in [0.05, 0.1) is 14.3 Å². The molecule has 4 fully saturated rings. The number of hydrogen-bond donors (Lipinski definition) is 0. The van der Waals surface area contributed by atoms with E-state index in [2.05, 4.69) is 139 Å². The van der Waals surface area contributed by atoms with Crippen LogP contribution in [-0.2, 0) is 60.0 Å². The lowest BCUT2D eigenvalue weighted by Gasteiger charge is -2.71. The molecule has 12 rings (SSSR count). The lowest BCUT2D eigenvalue weighted by Crippen LogP contribution is -2.67. The summed E-state index contributed by atoms with van der Waals surface area (Å²) in [5.74, 6) is -3.59. The molecule has 4 aliphatic carbocycles. The Bertz CT molecular complexity index is 3860. The van der Waals surface area contributed by atoms with Crippen LogP contribution in [0, 0.1) is 14.3 Å². The van der Waals surface area contributed by atoms with Crippen LogP contribution in [0.2, 0.25) is 0 Å². The Labute approximate surface area is 597 Å². The van der Waals surface area contributed by atoms with Crippen molar-refractivity contribution in [3.63, 3.8) is 0 Å². The Morgan fingerprint density at radius 3 is 0.532 bits per heavy atom. The summed E-state index contributed by atoms with van der Waals surface area (Å²) in [6.07, 6.45) is 4.31. The van der Waals surface area contributed by atoms with Crippen molar-refractivity contribution in [1.82, 2.24) is 0 Å². The molecule has 0 unspecified atom stereocenters. The summed E-state index contributed by atoms with van der Waals surface area (Å²) in [5.41, 5.74) is 7.17. The third kappa shape index (κ3) is 13.5. The quantitative estimate of drug-likeness (QED) is 0.0500. The van der Waals surface area contributed by atoms with Gasteiger partial charge in [-0.3, -0.25) is 38.4 Å². The maximum Gasteiger partial charge on any atom is 0.308 e. The van der Waals surface area contributed by atoms with Crippen molar-refractivity contribution < 1.29 is 76.3 Å². The van der Waals surface area contributed by atoms with Crippen LogP contribution in [0.25, 0.3) is 44.5 Å². The average molecular weight is 1710 g/mol. The van der Waals surface area contributed by atoms with Crippen LogP contribution in [0.1, 0.15) is 116 Å². The standard InChI is InChI=1S/C74H60I4O16/c1-39(79)87-63-55(25-29-59(75)67(63)91-43(5)83)47-9-17-51(18-10-47)71-33-72(52-19-11-48(12-20-52)56-26-30-60(76)68(92-44(6)84)64(56)88-40(2)80)36-73(34-71,53-21-13-49(14-22-53)57-27-31-61(77)69(93-45(7)85)65(57)89-41(3)81)38-74(35-71,37-72)54-23-15-50(16-24-54)58-28-32-62(78)70(94-46(8)86)66(58)90-42(4)82/h9-32H,33-38H2,1-8H3. The van der Waals surface area contributed by atoms with Crippen LogP contribution in [0.3, 0.4) is 0 Å². The molecular weight excluding hydrogens is 1650 g/mol. The first-order valence-electron chi connectivity index (χ1n) is 29.8. The summed E-state index contributed by atoms with van der Waals surface area (Å²) in [5, 5.41) is 0. The number of esters is 8. The van der Waals surface area contributed by atoms with Gasteiger partial charge in [-0.1, -0.05) is 97.1 Å². The van der Waals surface area contributed by atoms with E-state index >= 15 is 0 Å². The molecule has 480 valence electrons. The summed E-state index contributed by atoms with van der Waals surface area (Å²) >= 11 is 8.21. The molecule has 16 nitrogen and oxygen atoms in total. The third-order valence-corrected chi connectivity index (χ3v) is 20.9. The molecule has 4 saturated carbocycles. The zero-order valence-corrected chi connectivity index (χ0v) is 60.8. The number of rotatable bonds is 16. The van der Waals surface area contributed by atoms with Gasteiger partial charge in [-0.15, -0.1) is 0 Å². The van der Waals surface area contributed by atoms with E-state index in [4.69, 9.17) is 37.9 Å². The van der Waals surface area contributed by atoms with Gasteiger partial charge in [0.15, 0.2) is 46.0 Å². The van der Waals surface area contributed by atoms with E-state index < -0.39 is 69.4 Å². The largest absolute Gasteiger partial charge is 0.422 e. The predicted molar refractivity (Wildman–Crippen MR) is 383 cm³/mol. The van der Waals surface area contributed by atoms with Gasteiger partial charge in [0, 0.05) is 77.6 Å². The fraction of sp³-hybridized carbons (Fsp3) is 0.243. The van der Waals surface area contributed by atoms with Gasteiger partial charge >= 0.3 is 47.8 Å². The number of hydrogen-bond acceptors (Lipinski definition) is 16. The summed E-state index contributed by atoms with van der Waals surface area (Å²) < 4.78 is 48.4. The summed E-state index contributed by atoms with van der Waals surface area (Å²) in [6.45, 7) is 10.4.